The third-order valence-electron chi connectivity index (χ3n) is 3.97. The minimum atomic E-state index is 0.267. The van der Waals surface area contributed by atoms with Crippen LogP contribution in [0.4, 0.5) is 6.01 Å². The van der Waals surface area contributed by atoms with E-state index in [0.717, 1.165) is 44.7 Å². The molecule has 1 saturated heterocycles. The molecule has 1 N–H and O–H groups in total. The third kappa shape index (κ3) is 3.70. The molecule has 1 aliphatic rings. The van der Waals surface area contributed by atoms with E-state index in [0.29, 0.717) is 18.0 Å². The van der Waals surface area contributed by atoms with Crippen molar-refractivity contribution in [1.82, 2.24) is 15.0 Å². The van der Waals surface area contributed by atoms with Gasteiger partial charge in [0.05, 0.1) is 0 Å². The van der Waals surface area contributed by atoms with Gasteiger partial charge in [-0.15, -0.1) is 0 Å². The van der Waals surface area contributed by atoms with Gasteiger partial charge in [0.25, 0.3) is 0 Å². The van der Waals surface area contributed by atoms with Crippen LogP contribution in [0.2, 0.25) is 0 Å². The van der Waals surface area contributed by atoms with E-state index in [1.54, 1.807) is 0 Å². The quantitative estimate of drug-likeness (QED) is 0.852. The minimum Gasteiger partial charge on any atom is -0.396 e. The molecule has 0 atom stereocenters. The zero-order valence-corrected chi connectivity index (χ0v) is 12.7. The van der Waals surface area contributed by atoms with Crippen LogP contribution in [0, 0.1) is 0 Å². The van der Waals surface area contributed by atoms with Crippen molar-refractivity contribution < 1.29 is 9.63 Å². The van der Waals surface area contributed by atoms with Crippen molar-refractivity contribution in [2.24, 2.45) is 0 Å². The SMILES string of the molecule is CC(C)c1noc(N2CCC(N(C)CCCO)CC2)n1. The Bertz CT molecular complexity index is 400. The number of piperidine rings is 1. The van der Waals surface area contributed by atoms with Gasteiger partial charge >= 0.3 is 6.01 Å². The first-order valence-corrected chi connectivity index (χ1v) is 7.51. The zero-order valence-electron chi connectivity index (χ0n) is 12.7. The summed E-state index contributed by atoms with van der Waals surface area (Å²) in [4.78, 5) is 8.98. The predicted octanol–water partition coefficient (Wildman–Crippen LogP) is 1.48. The molecule has 0 spiro atoms. The molecule has 6 nitrogen and oxygen atoms in total. The predicted molar refractivity (Wildman–Crippen MR) is 78.0 cm³/mol. The molecule has 0 bridgehead atoms. The maximum absolute atomic E-state index is 8.89. The molecular formula is C14H26N4O2. The molecule has 1 aliphatic heterocycles. The summed E-state index contributed by atoms with van der Waals surface area (Å²) in [6, 6.07) is 1.25. The van der Waals surface area contributed by atoms with Crippen molar-refractivity contribution in [2.45, 2.75) is 45.1 Å². The lowest BCUT2D eigenvalue weighted by Gasteiger charge is -2.35. The molecule has 114 valence electrons. The highest BCUT2D eigenvalue weighted by atomic mass is 16.5. The molecule has 1 aromatic rings. The largest absolute Gasteiger partial charge is 0.396 e. The third-order valence-corrected chi connectivity index (χ3v) is 3.97. The van der Waals surface area contributed by atoms with E-state index >= 15 is 0 Å². The Balaban J connectivity index is 1.84. The zero-order chi connectivity index (χ0) is 14.5. The molecule has 2 heterocycles. The van der Waals surface area contributed by atoms with E-state index in [4.69, 9.17) is 9.63 Å². The molecule has 0 aliphatic carbocycles. The summed E-state index contributed by atoms with van der Waals surface area (Å²) in [5.74, 6) is 1.08. The number of hydrogen-bond acceptors (Lipinski definition) is 6. The van der Waals surface area contributed by atoms with E-state index in [2.05, 4.69) is 40.8 Å². The first kappa shape index (κ1) is 15.3. The van der Waals surface area contributed by atoms with Crippen LogP contribution in [0.3, 0.4) is 0 Å². The van der Waals surface area contributed by atoms with Gasteiger partial charge in [-0.25, -0.2) is 0 Å². The second kappa shape index (κ2) is 7.04. The fraction of sp³-hybridized carbons (Fsp3) is 0.857. The Hall–Kier alpha value is -1.14. The fourth-order valence-electron chi connectivity index (χ4n) is 2.59. The summed E-state index contributed by atoms with van der Waals surface area (Å²) in [7, 11) is 2.14. The molecule has 0 unspecified atom stereocenters. The van der Waals surface area contributed by atoms with Crippen LogP contribution in [-0.2, 0) is 0 Å². The van der Waals surface area contributed by atoms with Gasteiger partial charge in [-0.2, -0.15) is 4.98 Å². The lowest BCUT2D eigenvalue weighted by Crippen LogP contribution is -2.44. The van der Waals surface area contributed by atoms with E-state index in [9.17, 15) is 0 Å². The van der Waals surface area contributed by atoms with E-state index in [1.807, 2.05) is 0 Å². The van der Waals surface area contributed by atoms with Crippen molar-refractivity contribution in [3.8, 4) is 0 Å². The van der Waals surface area contributed by atoms with Crippen LogP contribution in [0.25, 0.3) is 0 Å². The van der Waals surface area contributed by atoms with E-state index in [-0.39, 0.29) is 6.61 Å². The molecule has 0 radical (unpaired) electrons. The van der Waals surface area contributed by atoms with Crippen molar-refractivity contribution in [3.05, 3.63) is 5.82 Å². The van der Waals surface area contributed by atoms with Gasteiger partial charge in [-0.1, -0.05) is 19.0 Å². The summed E-state index contributed by atoms with van der Waals surface area (Å²) in [5, 5.41) is 12.9. The number of anilines is 1. The van der Waals surface area contributed by atoms with Crippen LogP contribution in [0.5, 0.6) is 0 Å². The molecule has 20 heavy (non-hydrogen) atoms. The fourth-order valence-corrected chi connectivity index (χ4v) is 2.59. The van der Waals surface area contributed by atoms with Crippen molar-refractivity contribution in [2.75, 3.05) is 38.2 Å². The van der Waals surface area contributed by atoms with Gasteiger partial charge in [0.1, 0.15) is 0 Å². The lowest BCUT2D eigenvalue weighted by molar-refractivity contribution is 0.183. The van der Waals surface area contributed by atoms with Crippen LogP contribution >= 0.6 is 0 Å². The Labute approximate surface area is 120 Å². The number of aliphatic hydroxyl groups is 1. The number of aliphatic hydroxyl groups excluding tert-OH is 1. The maximum atomic E-state index is 8.89. The van der Waals surface area contributed by atoms with Gasteiger partial charge in [-0.3, -0.25) is 0 Å². The van der Waals surface area contributed by atoms with Crippen molar-refractivity contribution >= 4 is 6.01 Å². The monoisotopic (exact) mass is 282 g/mol. The Morgan fingerprint density at radius 1 is 1.40 bits per heavy atom. The molecular weight excluding hydrogens is 256 g/mol. The molecule has 1 fully saturated rings. The number of rotatable bonds is 6. The molecule has 2 rings (SSSR count). The molecule has 0 aromatic carbocycles. The average molecular weight is 282 g/mol. The summed E-state index contributed by atoms with van der Waals surface area (Å²) in [6.07, 6.45) is 3.04. The molecule has 0 saturated carbocycles. The maximum Gasteiger partial charge on any atom is 0.324 e. The summed E-state index contributed by atoms with van der Waals surface area (Å²) < 4.78 is 5.34. The van der Waals surface area contributed by atoms with E-state index < -0.39 is 0 Å². The van der Waals surface area contributed by atoms with Gasteiger partial charge in [0, 0.05) is 38.2 Å². The number of nitrogens with zero attached hydrogens (tertiary/aromatic N) is 4. The van der Waals surface area contributed by atoms with Crippen LogP contribution in [0.1, 0.15) is 44.9 Å². The normalized spacial score (nSPS) is 17.4. The molecule has 0 amide bonds. The highest BCUT2D eigenvalue weighted by Crippen LogP contribution is 2.22. The Kier molecular flexibility index (Phi) is 5.37. The van der Waals surface area contributed by atoms with Crippen LogP contribution < -0.4 is 4.90 Å². The highest BCUT2D eigenvalue weighted by molar-refractivity contribution is 5.26. The Morgan fingerprint density at radius 2 is 2.10 bits per heavy atom. The van der Waals surface area contributed by atoms with Crippen molar-refractivity contribution in [3.63, 3.8) is 0 Å². The van der Waals surface area contributed by atoms with E-state index in [1.165, 1.54) is 0 Å². The second-order valence-electron chi connectivity index (χ2n) is 5.87. The lowest BCUT2D eigenvalue weighted by atomic mass is 10.0. The summed E-state index contributed by atoms with van der Waals surface area (Å²) in [5.41, 5.74) is 0. The molecule has 1 aromatic heterocycles. The second-order valence-corrected chi connectivity index (χ2v) is 5.87. The summed E-state index contributed by atoms with van der Waals surface area (Å²) >= 11 is 0. The smallest absolute Gasteiger partial charge is 0.324 e. The van der Waals surface area contributed by atoms with Crippen molar-refractivity contribution in [1.29, 1.82) is 0 Å². The topological polar surface area (TPSA) is 65.6 Å². The van der Waals surface area contributed by atoms with Gasteiger partial charge in [-0.05, 0) is 26.3 Å². The first-order chi connectivity index (χ1) is 9.61. The number of aromatic nitrogens is 2. The van der Waals surface area contributed by atoms with Gasteiger partial charge in [0.2, 0.25) is 0 Å². The van der Waals surface area contributed by atoms with Crippen LogP contribution in [0.15, 0.2) is 4.52 Å². The number of hydrogen-bond donors (Lipinski definition) is 1. The standard InChI is InChI=1S/C14H26N4O2/c1-11(2)13-15-14(20-16-13)18-8-5-12(6-9-18)17(3)7-4-10-19/h11-12,19H,4-10H2,1-3H3. The van der Waals surface area contributed by atoms with Gasteiger partial charge < -0.3 is 19.4 Å². The first-order valence-electron chi connectivity index (χ1n) is 7.51. The van der Waals surface area contributed by atoms with Crippen LogP contribution in [-0.4, -0.2) is 59.5 Å². The summed E-state index contributed by atoms with van der Waals surface area (Å²) in [6.45, 7) is 7.26. The Morgan fingerprint density at radius 3 is 2.65 bits per heavy atom. The molecule has 6 heteroatoms. The minimum absolute atomic E-state index is 0.267. The highest BCUT2D eigenvalue weighted by Gasteiger charge is 2.25. The average Bonchev–Trinajstić information content (AvgIpc) is 2.95. The van der Waals surface area contributed by atoms with Gasteiger partial charge in [0.15, 0.2) is 5.82 Å².